The zero-order valence-electron chi connectivity index (χ0n) is 14.7. The van der Waals surface area contributed by atoms with Gasteiger partial charge in [0.1, 0.15) is 6.10 Å². The van der Waals surface area contributed by atoms with Crippen LogP contribution in [0.4, 0.5) is 0 Å². The fraction of sp³-hybridized carbons (Fsp3) is 0.867. The van der Waals surface area contributed by atoms with Crippen molar-refractivity contribution < 1.29 is 27.5 Å². The molecule has 0 bridgehead atoms. The standard InChI is InChI=1S/C15H28N2O6S.ClH/c1-3-5-12(6-4-2)24(20,21)10-15(17,13(16)18)14(19)23-11-7-8-22-9-11;/h11-12H,3-10,17H2,1-2H3,(H2,16,18);1H/t11-,15?;/m0./s1. The summed E-state index contributed by atoms with van der Waals surface area (Å²) < 4.78 is 35.5. The first kappa shape index (κ1) is 24.1. The number of amides is 1. The van der Waals surface area contributed by atoms with Gasteiger partial charge in [-0.25, -0.2) is 13.2 Å². The molecule has 0 saturated carbocycles. The highest BCUT2D eigenvalue weighted by Crippen LogP contribution is 2.21. The highest BCUT2D eigenvalue weighted by Gasteiger charge is 2.48. The summed E-state index contributed by atoms with van der Waals surface area (Å²) in [5, 5.41) is -0.655. The molecule has 1 rings (SSSR count). The molecule has 0 radical (unpaired) electrons. The van der Waals surface area contributed by atoms with Crippen molar-refractivity contribution >= 4 is 34.1 Å². The summed E-state index contributed by atoms with van der Waals surface area (Å²) in [6.45, 7) is 4.37. The first-order valence-electron chi connectivity index (χ1n) is 8.26. The van der Waals surface area contributed by atoms with E-state index in [9.17, 15) is 18.0 Å². The van der Waals surface area contributed by atoms with Crippen molar-refractivity contribution in [3.05, 3.63) is 0 Å². The number of carbonyl (C=O) groups is 2. The van der Waals surface area contributed by atoms with E-state index in [4.69, 9.17) is 20.9 Å². The van der Waals surface area contributed by atoms with Crippen LogP contribution in [0.1, 0.15) is 46.0 Å². The first-order chi connectivity index (χ1) is 11.2. The third kappa shape index (κ3) is 6.40. The van der Waals surface area contributed by atoms with Crippen molar-refractivity contribution in [2.24, 2.45) is 11.5 Å². The van der Waals surface area contributed by atoms with Crippen molar-refractivity contribution in [3.8, 4) is 0 Å². The van der Waals surface area contributed by atoms with Gasteiger partial charge in [0.05, 0.1) is 24.2 Å². The van der Waals surface area contributed by atoms with Gasteiger partial charge in [-0.05, 0) is 12.8 Å². The molecule has 0 aromatic carbocycles. The van der Waals surface area contributed by atoms with E-state index in [1.807, 2.05) is 13.8 Å². The van der Waals surface area contributed by atoms with Crippen LogP contribution >= 0.6 is 12.4 Å². The molecule has 1 fully saturated rings. The molecule has 8 nitrogen and oxygen atoms in total. The van der Waals surface area contributed by atoms with Gasteiger partial charge in [-0.15, -0.1) is 12.4 Å². The van der Waals surface area contributed by atoms with Gasteiger partial charge in [0.25, 0.3) is 0 Å². The highest BCUT2D eigenvalue weighted by atomic mass is 35.5. The largest absolute Gasteiger partial charge is 0.458 e. The molecule has 0 aromatic rings. The molecule has 4 N–H and O–H groups in total. The molecule has 1 heterocycles. The summed E-state index contributed by atoms with van der Waals surface area (Å²) in [7, 11) is -3.79. The number of hydrogen-bond donors (Lipinski definition) is 2. The number of esters is 1. The van der Waals surface area contributed by atoms with Crippen LogP contribution in [0.5, 0.6) is 0 Å². The van der Waals surface area contributed by atoms with E-state index in [2.05, 4.69) is 0 Å². The average Bonchev–Trinajstić information content (AvgIpc) is 2.99. The number of carbonyl (C=O) groups excluding carboxylic acids is 2. The second kappa shape index (κ2) is 10.3. The lowest BCUT2D eigenvalue weighted by molar-refractivity contribution is -0.157. The maximum atomic E-state index is 12.7. The molecule has 0 aromatic heterocycles. The Labute approximate surface area is 155 Å². The van der Waals surface area contributed by atoms with Crippen LogP contribution in [0, 0.1) is 0 Å². The second-order valence-electron chi connectivity index (χ2n) is 6.23. The zero-order valence-corrected chi connectivity index (χ0v) is 16.4. The molecule has 10 heteroatoms. The van der Waals surface area contributed by atoms with Crippen molar-refractivity contribution in [3.63, 3.8) is 0 Å². The van der Waals surface area contributed by atoms with E-state index >= 15 is 0 Å². The second-order valence-corrected chi connectivity index (χ2v) is 8.51. The van der Waals surface area contributed by atoms with E-state index in [-0.39, 0.29) is 19.0 Å². The van der Waals surface area contributed by atoms with Gasteiger partial charge < -0.3 is 20.9 Å². The minimum absolute atomic E-state index is 0. The molecule has 1 amide bonds. The molecule has 0 spiro atoms. The highest BCUT2D eigenvalue weighted by molar-refractivity contribution is 7.92. The lowest BCUT2D eigenvalue weighted by Crippen LogP contribution is -2.64. The Balaban J connectivity index is 0.00000576. The van der Waals surface area contributed by atoms with E-state index < -0.39 is 44.4 Å². The minimum atomic E-state index is -3.79. The predicted octanol–water partition coefficient (Wildman–Crippen LogP) is 0.307. The van der Waals surface area contributed by atoms with Gasteiger partial charge in [-0.3, -0.25) is 4.79 Å². The first-order valence-corrected chi connectivity index (χ1v) is 9.98. The lowest BCUT2D eigenvalue weighted by atomic mass is 10.0. The van der Waals surface area contributed by atoms with Gasteiger partial charge in [0, 0.05) is 6.42 Å². The molecule has 1 aliphatic rings. The fourth-order valence-corrected chi connectivity index (χ4v) is 5.00. The molecular weight excluding hydrogens is 372 g/mol. The van der Waals surface area contributed by atoms with Crippen LogP contribution in [0.3, 0.4) is 0 Å². The van der Waals surface area contributed by atoms with Crippen molar-refractivity contribution in [2.45, 2.75) is 62.8 Å². The Morgan fingerprint density at radius 2 is 1.84 bits per heavy atom. The number of sulfone groups is 1. The minimum Gasteiger partial charge on any atom is -0.458 e. The molecule has 1 aliphatic heterocycles. The van der Waals surface area contributed by atoms with Gasteiger partial charge >= 0.3 is 5.97 Å². The molecule has 1 unspecified atom stereocenters. The Morgan fingerprint density at radius 3 is 2.24 bits per heavy atom. The van der Waals surface area contributed by atoms with Crippen LogP contribution in [-0.4, -0.2) is 56.2 Å². The number of ether oxygens (including phenoxy) is 2. The number of nitrogens with two attached hydrogens (primary N) is 2. The number of primary amides is 1. The van der Waals surface area contributed by atoms with Crippen LogP contribution in [0.25, 0.3) is 0 Å². The lowest BCUT2D eigenvalue weighted by Gasteiger charge is -2.27. The van der Waals surface area contributed by atoms with Crippen LogP contribution in [0.2, 0.25) is 0 Å². The van der Waals surface area contributed by atoms with E-state index in [1.54, 1.807) is 0 Å². The van der Waals surface area contributed by atoms with Crippen LogP contribution in [-0.2, 0) is 28.9 Å². The summed E-state index contributed by atoms with van der Waals surface area (Å²) >= 11 is 0. The quantitative estimate of drug-likeness (QED) is 0.397. The van der Waals surface area contributed by atoms with Gasteiger partial charge in [0.2, 0.25) is 11.4 Å². The molecule has 0 aliphatic carbocycles. The van der Waals surface area contributed by atoms with Gasteiger partial charge in [0.15, 0.2) is 9.84 Å². The fourth-order valence-electron chi connectivity index (χ4n) is 2.68. The topological polar surface area (TPSA) is 139 Å². The third-order valence-corrected chi connectivity index (χ3v) is 6.47. The predicted molar refractivity (Wildman–Crippen MR) is 96.1 cm³/mol. The van der Waals surface area contributed by atoms with Crippen molar-refractivity contribution in [1.82, 2.24) is 0 Å². The SMILES string of the molecule is CCCC(CCC)S(=O)(=O)CC(N)(C(N)=O)C(=O)O[C@H]1CCOC1.Cl. The zero-order chi connectivity index (χ0) is 18.4. The smallest absolute Gasteiger partial charge is 0.337 e. The summed E-state index contributed by atoms with van der Waals surface area (Å²) in [4.78, 5) is 24.1. The van der Waals surface area contributed by atoms with Crippen LogP contribution < -0.4 is 11.5 Å². The maximum absolute atomic E-state index is 12.7. The summed E-state index contributed by atoms with van der Waals surface area (Å²) in [6, 6.07) is 0. The van der Waals surface area contributed by atoms with E-state index in [0.717, 1.165) is 0 Å². The Bertz CT molecular complexity index is 544. The summed E-state index contributed by atoms with van der Waals surface area (Å²) in [6.07, 6.45) is 2.16. The van der Waals surface area contributed by atoms with E-state index in [0.29, 0.717) is 38.7 Å². The molecule has 2 atom stereocenters. The molecule has 1 saturated heterocycles. The van der Waals surface area contributed by atoms with Crippen LogP contribution in [0.15, 0.2) is 0 Å². The Morgan fingerprint density at radius 1 is 1.28 bits per heavy atom. The Hall–Kier alpha value is -0.900. The molecule has 25 heavy (non-hydrogen) atoms. The number of halogens is 1. The van der Waals surface area contributed by atoms with Gasteiger partial charge in [-0.1, -0.05) is 26.7 Å². The third-order valence-electron chi connectivity index (χ3n) is 4.12. The average molecular weight is 401 g/mol. The summed E-state index contributed by atoms with van der Waals surface area (Å²) in [5.74, 6) is -3.16. The normalized spacial score (nSPS) is 19.9. The van der Waals surface area contributed by atoms with Crippen molar-refractivity contribution in [1.29, 1.82) is 0 Å². The maximum Gasteiger partial charge on any atom is 0.337 e. The van der Waals surface area contributed by atoms with Crippen molar-refractivity contribution in [2.75, 3.05) is 19.0 Å². The molecular formula is C15H29ClN2O6S. The Kier molecular flexibility index (Phi) is 9.93. The van der Waals surface area contributed by atoms with E-state index in [1.165, 1.54) is 0 Å². The molecule has 148 valence electrons. The number of hydrogen-bond acceptors (Lipinski definition) is 7. The summed E-state index contributed by atoms with van der Waals surface area (Å²) in [5.41, 5.74) is 8.66. The number of rotatable bonds is 10. The van der Waals surface area contributed by atoms with Gasteiger partial charge in [-0.2, -0.15) is 0 Å². The monoisotopic (exact) mass is 400 g/mol.